The first-order chi connectivity index (χ1) is 8.93. The van der Waals surface area contributed by atoms with Crippen LogP contribution in [0, 0.1) is 16.0 Å². The second kappa shape index (κ2) is 5.44. The Labute approximate surface area is 122 Å². The first kappa shape index (κ1) is 14.2. The summed E-state index contributed by atoms with van der Waals surface area (Å²) in [7, 11) is 0. The van der Waals surface area contributed by atoms with Gasteiger partial charge in [0.05, 0.1) is 4.92 Å². The molecule has 1 aliphatic heterocycles. The fraction of sp³-hybridized carbons (Fsp3) is 0.364. The van der Waals surface area contributed by atoms with Gasteiger partial charge in [0.15, 0.2) is 0 Å². The topological polar surface area (TPSA) is 83.7 Å². The molecule has 19 heavy (non-hydrogen) atoms. The van der Waals surface area contributed by atoms with Gasteiger partial charge in [0.1, 0.15) is 5.69 Å². The molecular formula is C11H10BrClN2O4. The van der Waals surface area contributed by atoms with Crippen LogP contribution in [0.5, 0.6) is 0 Å². The minimum atomic E-state index is -0.578. The van der Waals surface area contributed by atoms with Crippen molar-refractivity contribution in [2.24, 2.45) is 5.92 Å². The number of aliphatic hydroxyl groups is 1. The highest BCUT2D eigenvalue weighted by Crippen LogP contribution is 2.40. The predicted octanol–water partition coefficient (Wildman–Crippen LogP) is 2.36. The Morgan fingerprint density at radius 2 is 2.26 bits per heavy atom. The number of hydrogen-bond acceptors (Lipinski definition) is 4. The number of nitrogens with zero attached hydrogens (tertiary/aromatic N) is 2. The molecule has 0 bridgehead atoms. The molecule has 6 nitrogen and oxygen atoms in total. The van der Waals surface area contributed by atoms with E-state index in [9.17, 15) is 14.9 Å². The Morgan fingerprint density at radius 1 is 1.58 bits per heavy atom. The quantitative estimate of drug-likeness (QED) is 0.670. The maximum atomic E-state index is 11.9. The van der Waals surface area contributed by atoms with Crippen molar-refractivity contribution in [2.45, 2.75) is 6.42 Å². The first-order valence-electron chi connectivity index (χ1n) is 5.48. The maximum absolute atomic E-state index is 11.9. The molecule has 102 valence electrons. The number of aliphatic hydroxyl groups excluding tert-OH is 1. The lowest BCUT2D eigenvalue weighted by Gasteiger charge is -2.18. The van der Waals surface area contributed by atoms with Gasteiger partial charge in [-0.05, 0) is 22.0 Å². The van der Waals surface area contributed by atoms with Gasteiger partial charge in [-0.25, -0.2) is 0 Å². The summed E-state index contributed by atoms with van der Waals surface area (Å²) < 4.78 is 0.388. The van der Waals surface area contributed by atoms with Crippen molar-refractivity contribution >= 4 is 44.8 Å². The van der Waals surface area contributed by atoms with Gasteiger partial charge in [0.25, 0.3) is 5.69 Å². The molecule has 0 spiro atoms. The number of anilines is 1. The Morgan fingerprint density at radius 3 is 2.79 bits per heavy atom. The number of nitro benzene ring substituents is 1. The van der Waals surface area contributed by atoms with E-state index >= 15 is 0 Å². The van der Waals surface area contributed by atoms with Gasteiger partial charge in [-0.2, -0.15) is 0 Å². The molecule has 1 amide bonds. The van der Waals surface area contributed by atoms with E-state index in [0.717, 1.165) is 0 Å². The summed E-state index contributed by atoms with van der Waals surface area (Å²) in [6.07, 6.45) is 0.183. The summed E-state index contributed by atoms with van der Waals surface area (Å²) in [6.45, 7) is 0.137. The Balaban J connectivity index is 2.50. The molecule has 1 atom stereocenters. The van der Waals surface area contributed by atoms with Crippen LogP contribution in [-0.4, -0.2) is 29.1 Å². The summed E-state index contributed by atoms with van der Waals surface area (Å²) >= 11 is 8.99. The van der Waals surface area contributed by atoms with Crippen LogP contribution in [0.1, 0.15) is 6.42 Å². The third kappa shape index (κ3) is 2.72. The predicted molar refractivity (Wildman–Crippen MR) is 73.4 cm³/mol. The molecule has 1 aliphatic rings. The molecule has 1 unspecified atom stereocenters. The average Bonchev–Trinajstić information content (AvgIpc) is 2.69. The summed E-state index contributed by atoms with van der Waals surface area (Å²) in [5.74, 6) is -0.445. The van der Waals surface area contributed by atoms with Gasteiger partial charge < -0.3 is 10.0 Å². The number of nitro groups is 1. The zero-order valence-corrected chi connectivity index (χ0v) is 12.0. The molecule has 0 radical (unpaired) electrons. The van der Waals surface area contributed by atoms with Crippen LogP contribution in [0.2, 0.25) is 5.02 Å². The van der Waals surface area contributed by atoms with Gasteiger partial charge >= 0.3 is 0 Å². The molecule has 0 aromatic heterocycles. The fourth-order valence-electron chi connectivity index (χ4n) is 2.08. The van der Waals surface area contributed by atoms with E-state index in [2.05, 4.69) is 15.9 Å². The molecule has 1 saturated heterocycles. The number of rotatable bonds is 3. The van der Waals surface area contributed by atoms with E-state index in [1.165, 1.54) is 17.0 Å². The van der Waals surface area contributed by atoms with Crippen LogP contribution < -0.4 is 4.90 Å². The van der Waals surface area contributed by atoms with Crippen molar-refractivity contribution in [3.63, 3.8) is 0 Å². The minimum absolute atomic E-state index is 0.124. The van der Waals surface area contributed by atoms with E-state index in [4.69, 9.17) is 16.7 Å². The van der Waals surface area contributed by atoms with Crippen LogP contribution in [0.25, 0.3) is 0 Å². The largest absolute Gasteiger partial charge is 0.396 e. The average molecular weight is 350 g/mol. The molecule has 0 aliphatic carbocycles. The van der Waals surface area contributed by atoms with Gasteiger partial charge in [-0.1, -0.05) is 11.6 Å². The first-order valence-corrected chi connectivity index (χ1v) is 6.65. The van der Waals surface area contributed by atoms with E-state index in [-0.39, 0.29) is 47.8 Å². The van der Waals surface area contributed by atoms with E-state index in [1.54, 1.807) is 0 Å². The molecule has 1 heterocycles. The zero-order chi connectivity index (χ0) is 14.2. The highest BCUT2D eigenvalue weighted by atomic mass is 79.9. The zero-order valence-electron chi connectivity index (χ0n) is 9.68. The highest BCUT2D eigenvalue weighted by Gasteiger charge is 2.35. The third-order valence-corrected chi connectivity index (χ3v) is 3.76. The Bertz CT molecular complexity index is 552. The van der Waals surface area contributed by atoms with Gasteiger partial charge in [0.2, 0.25) is 5.91 Å². The lowest BCUT2D eigenvalue weighted by Crippen LogP contribution is -2.26. The molecule has 1 aromatic carbocycles. The van der Waals surface area contributed by atoms with Crippen LogP contribution >= 0.6 is 27.5 Å². The SMILES string of the molecule is O=C1CC(CO)CN1c1c(Br)cc(Cl)cc1[N+](=O)[O-]. The normalized spacial score (nSPS) is 19.0. The fourth-order valence-corrected chi connectivity index (χ4v) is 3.09. The van der Waals surface area contributed by atoms with E-state index < -0.39 is 4.92 Å². The van der Waals surface area contributed by atoms with Crippen molar-refractivity contribution in [3.8, 4) is 0 Å². The van der Waals surface area contributed by atoms with Gasteiger partial charge in [0, 0.05) is 41.1 Å². The Kier molecular flexibility index (Phi) is 4.07. The molecule has 1 fully saturated rings. The second-order valence-corrected chi connectivity index (χ2v) is 5.56. The summed E-state index contributed by atoms with van der Waals surface area (Å²) in [5.41, 5.74) is -0.0401. The Hall–Kier alpha value is -1.18. The second-order valence-electron chi connectivity index (χ2n) is 4.27. The molecular weight excluding hydrogens is 339 g/mol. The monoisotopic (exact) mass is 348 g/mol. The number of carbonyl (C=O) groups excluding carboxylic acids is 1. The summed E-state index contributed by atoms with van der Waals surface area (Å²) in [5, 5.41) is 20.4. The standard InChI is InChI=1S/C11H10BrClN2O4/c12-8-2-7(13)3-9(15(18)19)11(8)14-4-6(5-16)1-10(14)17/h2-3,6,16H,1,4-5H2. The van der Waals surface area contributed by atoms with E-state index in [1.807, 2.05) is 0 Å². The number of benzene rings is 1. The van der Waals surface area contributed by atoms with E-state index in [0.29, 0.717) is 4.47 Å². The molecule has 2 rings (SSSR count). The maximum Gasteiger partial charge on any atom is 0.295 e. The van der Waals surface area contributed by atoms with Crippen LogP contribution in [0.15, 0.2) is 16.6 Å². The van der Waals surface area contributed by atoms with Crippen molar-refractivity contribution in [3.05, 3.63) is 31.7 Å². The van der Waals surface area contributed by atoms with Crippen molar-refractivity contribution < 1.29 is 14.8 Å². The number of hydrogen-bond donors (Lipinski definition) is 1. The van der Waals surface area contributed by atoms with Gasteiger partial charge in [-0.3, -0.25) is 14.9 Å². The van der Waals surface area contributed by atoms with Crippen molar-refractivity contribution in [1.29, 1.82) is 0 Å². The third-order valence-electron chi connectivity index (χ3n) is 2.94. The smallest absolute Gasteiger partial charge is 0.295 e. The summed E-state index contributed by atoms with van der Waals surface area (Å²) in [6, 6.07) is 2.71. The van der Waals surface area contributed by atoms with Crippen LogP contribution in [0.3, 0.4) is 0 Å². The van der Waals surface area contributed by atoms with Gasteiger partial charge in [-0.15, -0.1) is 0 Å². The highest BCUT2D eigenvalue weighted by molar-refractivity contribution is 9.10. The van der Waals surface area contributed by atoms with Crippen LogP contribution in [-0.2, 0) is 4.79 Å². The molecule has 8 heteroatoms. The number of amides is 1. The lowest BCUT2D eigenvalue weighted by atomic mass is 10.1. The van der Waals surface area contributed by atoms with Crippen LogP contribution in [0.4, 0.5) is 11.4 Å². The number of halogens is 2. The molecule has 1 aromatic rings. The lowest BCUT2D eigenvalue weighted by molar-refractivity contribution is -0.384. The summed E-state index contributed by atoms with van der Waals surface area (Å²) in [4.78, 5) is 23.7. The number of carbonyl (C=O) groups is 1. The van der Waals surface area contributed by atoms with Crippen molar-refractivity contribution in [1.82, 2.24) is 0 Å². The molecule has 0 saturated carbocycles. The molecule has 1 N–H and O–H groups in total. The van der Waals surface area contributed by atoms with Crippen molar-refractivity contribution in [2.75, 3.05) is 18.1 Å². The minimum Gasteiger partial charge on any atom is -0.396 e.